The SMILES string of the molecule is O=C(c1ccc(Cl)cc1)[C@H]1[C@H](c2ccccc2)C2(C(=O)c3ccccc3C2=O)C2C=Cc3cc(F)ccc3N21. The first-order chi connectivity index (χ1) is 18.9. The quantitative estimate of drug-likeness (QED) is 0.215. The van der Waals surface area contributed by atoms with E-state index in [0.29, 0.717) is 38.5 Å². The van der Waals surface area contributed by atoms with E-state index in [-0.39, 0.29) is 17.3 Å². The lowest BCUT2D eigenvalue weighted by atomic mass is 9.64. The molecule has 0 saturated carbocycles. The summed E-state index contributed by atoms with van der Waals surface area (Å²) in [6.07, 6.45) is 3.54. The molecule has 1 aliphatic carbocycles. The molecule has 1 fully saturated rings. The number of rotatable bonds is 3. The van der Waals surface area contributed by atoms with Crippen LogP contribution in [0.4, 0.5) is 10.1 Å². The van der Waals surface area contributed by atoms with Crippen molar-refractivity contribution in [3.63, 3.8) is 0 Å². The highest BCUT2D eigenvalue weighted by atomic mass is 35.5. The van der Waals surface area contributed by atoms with E-state index in [4.69, 9.17) is 11.6 Å². The first-order valence-electron chi connectivity index (χ1n) is 12.7. The number of nitrogens with zero attached hydrogens (tertiary/aromatic N) is 1. The lowest BCUT2D eigenvalue weighted by Gasteiger charge is -2.37. The van der Waals surface area contributed by atoms with Gasteiger partial charge in [0.05, 0.1) is 6.04 Å². The van der Waals surface area contributed by atoms with Gasteiger partial charge in [0, 0.05) is 38.9 Å². The van der Waals surface area contributed by atoms with Crippen molar-refractivity contribution in [3.8, 4) is 0 Å². The molecule has 4 nitrogen and oxygen atoms in total. The average Bonchev–Trinajstić information content (AvgIpc) is 3.39. The number of hydrogen-bond acceptors (Lipinski definition) is 4. The number of benzene rings is 4. The zero-order valence-corrected chi connectivity index (χ0v) is 21.3. The average molecular weight is 534 g/mol. The Morgan fingerprint density at radius 2 is 1.46 bits per heavy atom. The number of halogens is 2. The first kappa shape index (κ1) is 23.7. The van der Waals surface area contributed by atoms with Crippen LogP contribution in [0.3, 0.4) is 0 Å². The predicted molar refractivity (Wildman–Crippen MR) is 148 cm³/mol. The standard InChI is InChI=1S/C33H21ClFNO3/c34-22-13-10-20(11-14-22)30(37)29-28(19-6-2-1-3-7-19)33(31(38)24-8-4-5-9-25(24)32(33)39)27-17-12-21-18-23(35)15-16-26(21)36(27)29/h1-18,27-29H/t27?,28-,29+/m0/s1. The van der Waals surface area contributed by atoms with E-state index in [1.807, 2.05) is 35.2 Å². The van der Waals surface area contributed by atoms with Crippen LogP contribution in [-0.2, 0) is 0 Å². The van der Waals surface area contributed by atoms with Crippen LogP contribution >= 0.6 is 11.6 Å². The van der Waals surface area contributed by atoms with Crippen molar-refractivity contribution in [2.75, 3.05) is 4.90 Å². The summed E-state index contributed by atoms with van der Waals surface area (Å²) in [6.45, 7) is 0. The minimum atomic E-state index is -1.58. The Balaban J connectivity index is 1.54. The minimum absolute atomic E-state index is 0.246. The van der Waals surface area contributed by atoms with Gasteiger partial charge in [0.1, 0.15) is 17.3 Å². The maximum Gasteiger partial charge on any atom is 0.185 e. The van der Waals surface area contributed by atoms with Gasteiger partial charge in [0.25, 0.3) is 0 Å². The van der Waals surface area contributed by atoms with E-state index in [0.717, 1.165) is 0 Å². The molecular formula is C33H21ClFNO3. The number of Topliss-reactive ketones (excluding diaryl/α,β-unsaturated/α-hetero) is 3. The number of fused-ring (bicyclic) bond motifs is 5. The van der Waals surface area contributed by atoms with Crippen LogP contribution in [0.5, 0.6) is 0 Å². The highest BCUT2D eigenvalue weighted by Crippen LogP contribution is 2.60. The molecule has 4 aromatic rings. The number of ketones is 3. The van der Waals surface area contributed by atoms with E-state index in [9.17, 15) is 18.8 Å². The molecule has 0 bridgehead atoms. The summed E-state index contributed by atoms with van der Waals surface area (Å²) in [6, 6.07) is 25.5. The van der Waals surface area contributed by atoms with Crippen molar-refractivity contribution >= 4 is 40.7 Å². The third-order valence-corrected chi connectivity index (χ3v) is 8.57. The maximum absolute atomic E-state index is 14.5. The van der Waals surface area contributed by atoms with Gasteiger partial charge in [-0.2, -0.15) is 0 Å². The predicted octanol–water partition coefficient (Wildman–Crippen LogP) is 6.80. The molecular weight excluding hydrogens is 513 g/mol. The molecule has 1 unspecified atom stereocenters. The summed E-state index contributed by atoms with van der Waals surface area (Å²) < 4.78 is 14.3. The van der Waals surface area contributed by atoms with Gasteiger partial charge in [0.15, 0.2) is 17.3 Å². The molecule has 39 heavy (non-hydrogen) atoms. The molecule has 0 N–H and O–H groups in total. The van der Waals surface area contributed by atoms with Gasteiger partial charge >= 0.3 is 0 Å². The monoisotopic (exact) mass is 533 g/mol. The summed E-state index contributed by atoms with van der Waals surface area (Å²) in [5.41, 5.74) is 1.45. The van der Waals surface area contributed by atoms with E-state index in [1.165, 1.54) is 12.1 Å². The Kier molecular flexibility index (Phi) is 5.23. The molecule has 6 heteroatoms. The summed E-state index contributed by atoms with van der Waals surface area (Å²) in [5, 5.41) is 0.491. The van der Waals surface area contributed by atoms with E-state index in [2.05, 4.69) is 0 Å². The molecule has 2 aliphatic heterocycles. The Morgan fingerprint density at radius 3 is 2.13 bits per heavy atom. The summed E-state index contributed by atoms with van der Waals surface area (Å²) in [5.74, 6) is -2.06. The lowest BCUT2D eigenvalue weighted by Crippen LogP contribution is -2.48. The van der Waals surface area contributed by atoms with Crippen LogP contribution < -0.4 is 4.90 Å². The second-order valence-electron chi connectivity index (χ2n) is 10.2. The van der Waals surface area contributed by atoms with Crippen LogP contribution in [0.2, 0.25) is 5.02 Å². The van der Waals surface area contributed by atoms with Gasteiger partial charge in [-0.05, 0) is 48.0 Å². The Bertz CT molecular complexity index is 1680. The van der Waals surface area contributed by atoms with Crippen molar-refractivity contribution in [1.29, 1.82) is 0 Å². The normalized spacial score (nSPS) is 22.1. The second kappa shape index (κ2) is 8.58. The van der Waals surface area contributed by atoms with Crippen LogP contribution in [-0.4, -0.2) is 29.4 Å². The lowest BCUT2D eigenvalue weighted by molar-refractivity contribution is 0.0666. The minimum Gasteiger partial charge on any atom is -0.352 e. The highest BCUT2D eigenvalue weighted by molar-refractivity contribution is 6.32. The topological polar surface area (TPSA) is 54.5 Å². The zero-order valence-electron chi connectivity index (χ0n) is 20.6. The van der Waals surface area contributed by atoms with Crippen molar-refractivity contribution in [1.82, 2.24) is 0 Å². The fourth-order valence-corrected chi connectivity index (χ4v) is 6.89. The van der Waals surface area contributed by atoms with Crippen LogP contribution in [0.15, 0.2) is 103 Å². The Morgan fingerprint density at radius 1 is 0.821 bits per heavy atom. The number of carbonyl (C=O) groups excluding carboxylic acids is 3. The molecule has 7 rings (SSSR count). The number of carbonyl (C=O) groups is 3. The van der Waals surface area contributed by atoms with Crippen molar-refractivity contribution in [2.24, 2.45) is 5.41 Å². The van der Waals surface area contributed by atoms with E-state index in [1.54, 1.807) is 66.7 Å². The Hall–Kier alpha value is -4.35. The molecule has 1 spiro atoms. The summed E-state index contributed by atoms with van der Waals surface area (Å²) in [7, 11) is 0. The highest BCUT2D eigenvalue weighted by Gasteiger charge is 2.71. The molecule has 0 amide bonds. The fourth-order valence-electron chi connectivity index (χ4n) is 6.77. The molecule has 2 heterocycles. The Labute approximate surface area is 229 Å². The maximum atomic E-state index is 14.5. The van der Waals surface area contributed by atoms with Gasteiger partial charge in [-0.15, -0.1) is 0 Å². The van der Waals surface area contributed by atoms with E-state index < -0.39 is 29.2 Å². The second-order valence-corrected chi connectivity index (χ2v) is 10.6. The largest absolute Gasteiger partial charge is 0.352 e. The molecule has 190 valence electrons. The molecule has 4 aromatic carbocycles. The fraction of sp³-hybridized carbons (Fsp3) is 0.121. The van der Waals surface area contributed by atoms with Crippen LogP contribution in [0.1, 0.15) is 48.1 Å². The number of hydrogen-bond donors (Lipinski definition) is 0. The molecule has 3 aliphatic rings. The molecule has 3 atom stereocenters. The van der Waals surface area contributed by atoms with Gasteiger partial charge in [0.2, 0.25) is 0 Å². The van der Waals surface area contributed by atoms with Crippen molar-refractivity contribution in [3.05, 3.63) is 142 Å². The third kappa shape index (κ3) is 3.20. The van der Waals surface area contributed by atoms with Gasteiger partial charge in [-0.3, -0.25) is 14.4 Å². The summed E-state index contributed by atoms with van der Waals surface area (Å²) >= 11 is 6.13. The van der Waals surface area contributed by atoms with E-state index >= 15 is 0 Å². The zero-order chi connectivity index (χ0) is 26.9. The molecule has 0 aromatic heterocycles. The van der Waals surface area contributed by atoms with Crippen LogP contribution in [0.25, 0.3) is 6.08 Å². The molecule has 1 saturated heterocycles. The summed E-state index contributed by atoms with van der Waals surface area (Å²) in [4.78, 5) is 45.4. The van der Waals surface area contributed by atoms with Gasteiger partial charge < -0.3 is 4.90 Å². The number of anilines is 1. The molecule has 0 radical (unpaired) electrons. The van der Waals surface area contributed by atoms with Crippen molar-refractivity contribution in [2.45, 2.75) is 18.0 Å². The smallest absolute Gasteiger partial charge is 0.185 e. The van der Waals surface area contributed by atoms with Crippen molar-refractivity contribution < 1.29 is 18.8 Å². The van der Waals surface area contributed by atoms with Crippen LogP contribution in [0, 0.1) is 11.2 Å². The first-order valence-corrected chi connectivity index (χ1v) is 13.1. The third-order valence-electron chi connectivity index (χ3n) is 8.32. The van der Waals surface area contributed by atoms with Gasteiger partial charge in [-0.1, -0.05) is 78.4 Å². The van der Waals surface area contributed by atoms with Gasteiger partial charge in [-0.25, -0.2) is 4.39 Å².